The Balaban J connectivity index is 1.86. The Morgan fingerprint density at radius 1 is 1.17 bits per heavy atom. The highest BCUT2D eigenvalue weighted by Gasteiger charge is 2.26. The quantitative estimate of drug-likeness (QED) is 0.809. The average Bonchev–Trinajstić information content (AvgIpc) is 2.58. The molecule has 5 heteroatoms. The van der Waals surface area contributed by atoms with Crippen molar-refractivity contribution < 1.29 is 9.59 Å². The molecule has 2 amide bonds. The summed E-state index contributed by atoms with van der Waals surface area (Å²) in [5.41, 5.74) is 1.16. The Morgan fingerprint density at radius 2 is 1.83 bits per heavy atom. The first-order valence-corrected chi connectivity index (χ1v) is 8.48. The summed E-state index contributed by atoms with van der Waals surface area (Å²) in [5, 5.41) is 0. The van der Waals surface area contributed by atoms with E-state index in [1.807, 2.05) is 19.2 Å². The fourth-order valence-corrected chi connectivity index (χ4v) is 3.13. The number of rotatable bonds is 6. The monoisotopic (exact) mass is 317 g/mol. The molecule has 126 valence electrons. The van der Waals surface area contributed by atoms with Crippen LogP contribution in [0.3, 0.4) is 0 Å². The Labute approximate surface area is 138 Å². The first-order chi connectivity index (χ1) is 11.1. The number of carbonyl (C=O) groups is 2. The molecule has 1 aliphatic carbocycles. The summed E-state index contributed by atoms with van der Waals surface area (Å²) in [4.78, 5) is 31.9. The van der Waals surface area contributed by atoms with E-state index in [1.165, 1.54) is 6.42 Å². The van der Waals surface area contributed by atoms with Gasteiger partial charge in [0.25, 0.3) is 0 Å². The molecule has 0 spiro atoms. The summed E-state index contributed by atoms with van der Waals surface area (Å²) in [5.74, 6) is 0.0209. The number of amides is 2. The third-order valence-electron chi connectivity index (χ3n) is 4.64. The lowest BCUT2D eigenvalue weighted by Gasteiger charge is -2.34. The molecular formula is C18H27N3O2. The van der Waals surface area contributed by atoms with Crippen LogP contribution in [0.4, 0.5) is 0 Å². The van der Waals surface area contributed by atoms with E-state index >= 15 is 0 Å². The van der Waals surface area contributed by atoms with Crippen LogP contribution in [0.1, 0.15) is 44.6 Å². The minimum absolute atomic E-state index is 0.00721. The van der Waals surface area contributed by atoms with Crippen molar-refractivity contribution in [2.24, 2.45) is 0 Å². The Kier molecular flexibility index (Phi) is 6.56. The molecule has 0 N–H and O–H groups in total. The van der Waals surface area contributed by atoms with Gasteiger partial charge in [-0.2, -0.15) is 0 Å². The fourth-order valence-electron chi connectivity index (χ4n) is 3.13. The van der Waals surface area contributed by atoms with Gasteiger partial charge in [0.2, 0.25) is 11.8 Å². The number of likely N-dealkylation sites (N-methyl/N-ethyl adjacent to an activating group) is 1. The molecule has 1 aromatic heterocycles. The highest BCUT2D eigenvalue weighted by molar-refractivity contribution is 5.83. The van der Waals surface area contributed by atoms with Gasteiger partial charge in [0.1, 0.15) is 0 Å². The molecule has 0 atom stereocenters. The standard InChI is InChI=1S/C18H27N3O2/c1-15(22)21(17-6-4-3-5-7-17)14-18(23)20(2)13-10-16-8-11-19-12-9-16/h8-9,11-12,17H,3-7,10,13-14H2,1-2H3. The topological polar surface area (TPSA) is 53.5 Å². The Bertz CT molecular complexity index is 512. The van der Waals surface area contributed by atoms with Gasteiger partial charge in [0, 0.05) is 39.0 Å². The Hall–Kier alpha value is -1.91. The van der Waals surface area contributed by atoms with Gasteiger partial charge in [-0.05, 0) is 37.0 Å². The fraction of sp³-hybridized carbons (Fsp3) is 0.611. The van der Waals surface area contributed by atoms with Crippen molar-refractivity contribution in [3.05, 3.63) is 30.1 Å². The number of hydrogen-bond donors (Lipinski definition) is 0. The maximum absolute atomic E-state index is 12.4. The second-order valence-electron chi connectivity index (χ2n) is 6.36. The largest absolute Gasteiger partial charge is 0.344 e. The van der Waals surface area contributed by atoms with Crippen molar-refractivity contribution in [1.29, 1.82) is 0 Å². The third-order valence-corrected chi connectivity index (χ3v) is 4.64. The van der Waals surface area contributed by atoms with Gasteiger partial charge in [0.05, 0.1) is 6.54 Å². The van der Waals surface area contributed by atoms with Crippen LogP contribution in [-0.4, -0.2) is 52.8 Å². The summed E-state index contributed by atoms with van der Waals surface area (Å²) >= 11 is 0. The average molecular weight is 317 g/mol. The van der Waals surface area contributed by atoms with E-state index < -0.39 is 0 Å². The predicted molar refractivity (Wildman–Crippen MR) is 89.8 cm³/mol. The number of nitrogens with zero attached hydrogens (tertiary/aromatic N) is 3. The molecule has 1 heterocycles. The van der Waals surface area contributed by atoms with Crippen molar-refractivity contribution in [2.75, 3.05) is 20.1 Å². The normalized spacial score (nSPS) is 15.2. The highest BCUT2D eigenvalue weighted by Crippen LogP contribution is 2.22. The summed E-state index contributed by atoms with van der Waals surface area (Å²) in [6.07, 6.45) is 9.91. The summed E-state index contributed by atoms with van der Waals surface area (Å²) in [6.45, 7) is 2.42. The van der Waals surface area contributed by atoms with Gasteiger partial charge in [0.15, 0.2) is 0 Å². The van der Waals surface area contributed by atoms with E-state index in [9.17, 15) is 9.59 Å². The van der Waals surface area contributed by atoms with Gasteiger partial charge in [-0.3, -0.25) is 14.6 Å². The lowest BCUT2D eigenvalue weighted by molar-refractivity contribution is -0.141. The van der Waals surface area contributed by atoms with Crippen LogP contribution in [0, 0.1) is 0 Å². The minimum atomic E-state index is 0.00721. The smallest absolute Gasteiger partial charge is 0.241 e. The lowest BCUT2D eigenvalue weighted by atomic mass is 9.94. The Morgan fingerprint density at radius 3 is 2.43 bits per heavy atom. The van der Waals surface area contributed by atoms with Crippen molar-refractivity contribution in [3.63, 3.8) is 0 Å². The number of pyridine rings is 1. The number of carbonyl (C=O) groups excluding carboxylic acids is 2. The van der Waals surface area contributed by atoms with Crippen LogP contribution in [0.15, 0.2) is 24.5 Å². The van der Waals surface area contributed by atoms with E-state index in [4.69, 9.17) is 0 Å². The van der Waals surface area contributed by atoms with E-state index in [2.05, 4.69) is 4.98 Å². The summed E-state index contributed by atoms with van der Waals surface area (Å²) < 4.78 is 0. The van der Waals surface area contributed by atoms with Crippen LogP contribution < -0.4 is 0 Å². The van der Waals surface area contributed by atoms with Gasteiger partial charge in [-0.15, -0.1) is 0 Å². The van der Waals surface area contributed by atoms with Gasteiger partial charge < -0.3 is 9.80 Å². The zero-order valence-corrected chi connectivity index (χ0v) is 14.2. The van der Waals surface area contributed by atoms with E-state index in [0.717, 1.165) is 37.7 Å². The molecule has 1 saturated carbocycles. The number of aromatic nitrogens is 1. The van der Waals surface area contributed by atoms with Crippen LogP contribution in [-0.2, 0) is 16.0 Å². The second-order valence-corrected chi connectivity index (χ2v) is 6.36. The zero-order valence-electron chi connectivity index (χ0n) is 14.2. The molecule has 1 aromatic rings. The van der Waals surface area contributed by atoms with Crippen molar-refractivity contribution >= 4 is 11.8 Å². The SMILES string of the molecule is CC(=O)N(CC(=O)N(C)CCc1ccncc1)C1CCCCC1. The molecule has 1 aliphatic rings. The molecular weight excluding hydrogens is 290 g/mol. The lowest BCUT2D eigenvalue weighted by Crippen LogP contribution is -2.46. The summed E-state index contributed by atoms with van der Waals surface area (Å²) in [6, 6.07) is 4.16. The third kappa shape index (κ3) is 5.34. The molecule has 0 radical (unpaired) electrons. The zero-order chi connectivity index (χ0) is 16.7. The molecule has 1 fully saturated rings. The minimum Gasteiger partial charge on any atom is -0.344 e. The molecule has 23 heavy (non-hydrogen) atoms. The van der Waals surface area contributed by atoms with Gasteiger partial charge in [-0.25, -0.2) is 0 Å². The molecule has 0 saturated heterocycles. The van der Waals surface area contributed by atoms with Crippen molar-refractivity contribution in [3.8, 4) is 0 Å². The van der Waals surface area contributed by atoms with E-state index in [-0.39, 0.29) is 24.4 Å². The first-order valence-electron chi connectivity index (χ1n) is 8.48. The van der Waals surface area contributed by atoms with E-state index in [0.29, 0.717) is 6.54 Å². The maximum atomic E-state index is 12.4. The van der Waals surface area contributed by atoms with Crippen LogP contribution in [0.25, 0.3) is 0 Å². The molecule has 5 nitrogen and oxygen atoms in total. The summed E-state index contributed by atoms with van der Waals surface area (Å²) in [7, 11) is 1.81. The maximum Gasteiger partial charge on any atom is 0.241 e. The van der Waals surface area contributed by atoms with Crippen LogP contribution >= 0.6 is 0 Å². The first kappa shape index (κ1) is 17.4. The molecule has 0 aromatic carbocycles. The van der Waals surface area contributed by atoms with E-state index in [1.54, 1.807) is 29.1 Å². The molecule has 2 rings (SSSR count). The van der Waals surface area contributed by atoms with Gasteiger partial charge >= 0.3 is 0 Å². The number of hydrogen-bond acceptors (Lipinski definition) is 3. The second kappa shape index (κ2) is 8.65. The molecule has 0 aliphatic heterocycles. The van der Waals surface area contributed by atoms with Gasteiger partial charge in [-0.1, -0.05) is 19.3 Å². The van der Waals surface area contributed by atoms with Crippen molar-refractivity contribution in [1.82, 2.24) is 14.8 Å². The van der Waals surface area contributed by atoms with Crippen LogP contribution in [0.5, 0.6) is 0 Å². The van der Waals surface area contributed by atoms with Crippen molar-refractivity contribution in [2.45, 2.75) is 51.5 Å². The highest BCUT2D eigenvalue weighted by atomic mass is 16.2. The molecule has 0 unspecified atom stereocenters. The predicted octanol–water partition coefficient (Wildman–Crippen LogP) is 2.26. The van der Waals surface area contributed by atoms with Crippen LogP contribution in [0.2, 0.25) is 0 Å². The molecule has 0 bridgehead atoms.